The summed E-state index contributed by atoms with van der Waals surface area (Å²) in [6, 6.07) is 0. The molecule has 0 radical (unpaired) electrons. The van der Waals surface area contributed by atoms with E-state index in [2.05, 4.69) is 30.3 Å². The van der Waals surface area contributed by atoms with Crippen LogP contribution in [0.4, 0.5) is 0 Å². The molecule has 0 aliphatic carbocycles. The van der Waals surface area contributed by atoms with Crippen LogP contribution in [-0.2, 0) is 0 Å². The normalized spacial score (nSPS) is 12.9. The van der Waals surface area contributed by atoms with E-state index in [0.717, 1.165) is 18.8 Å². The van der Waals surface area contributed by atoms with Crippen molar-refractivity contribution in [2.45, 2.75) is 27.2 Å². The lowest BCUT2D eigenvalue weighted by molar-refractivity contribution is 0.433. The Morgan fingerprint density at radius 1 is 1.46 bits per heavy atom. The van der Waals surface area contributed by atoms with Gasteiger partial charge in [0.15, 0.2) is 0 Å². The maximum Gasteiger partial charge on any atom is 0.130 e. The smallest absolute Gasteiger partial charge is 0.130 e. The molecular formula is C11H20N2. The molecule has 74 valence electrons. The second kappa shape index (κ2) is 6.46. The van der Waals surface area contributed by atoms with Gasteiger partial charge in [0.1, 0.15) is 5.82 Å². The predicted molar refractivity (Wildman–Crippen MR) is 60.0 cm³/mol. The second-order valence-electron chi connectivity index (χ2n) is 2.81. The zero-order valence-electron chi connectivity index (χ0n) is 9.17. The van der Waals surface area contributed by atoms with Crippen LogP contribution in [0, 0.1) is 0 Å². The molecule has 0 rings (SSSR count). The van der Waals surface area contributed by atoms with Crippen LogP contribution in [0.1, 0.15) is 27.2 Å². The quantitative estimate of drug-likeness (QED) is 0.469. The lowest BCUT2D eigenvalue weighted by Gasteiger charge is -2.19. The average molecular weight is 180 g/mol. The SMILES string of the molecule is C=C/C(CC)=C(\N=C/C)N(C)CC. The van der Waals surface area contributed by atoms with Crippen LogP contribution < -0.4 is 0 Å². The first-order valence-electron chi connectivity index (χ1n) is 4.76. The Kier molecular flexibility index (Phi) is 5.94. The molecule has 0 saturated heterocycles. The van der Waals surface area contributed by atoms with Gasteiger partial charge in [-0.15, -0.1) is 0 Å². The minimum atomic E-state index is 0.962. The van der Waals surface area contributed by atoms with E-state index >= 15 is 0 Å². The third-order valence-electron chi connectivity index (χ3n) is 2.00. The number of rotatable bonds is 5. The number of hydrogen-bond donors (Lipinski definition) is 0. The van der Waals surface area contributed by atoms with Gasteiger partial charge in [0.2, 0.25) is 0 Å². The van der Waals surface area contributed by atoms with Crippen molar-refractivity contribution in [2.24, 2.45) is 4.99 Å². The maximum absolute atomic E-state index is 4.35. The standard InChI is InChI=1S/C11H20N2/c1-6-10(7-2)11(12-8-3)13(5)9-4/h6,8H,1,7,9H2,2-5H3/b11-10-,12-8-. The molecule has 0 aromatic heterocycles. The highest BCUT2D eigenvalue weighted by Gasteiger charge is 2.04. The van der Waals surface area contributed by atoms with Crippen molar-refractivity contribution in [3.05, 3.63) is 24.0 Å². The summed E-state index contributed by atoms with van der Waals surface area (Å²) in [4.78, 5) is 6.47. The van der Waals surface area contributed by atoms with Crippen LogP contribution in [0.2, 0.25) is 0 Å². The molecule has 13 heavy (non-hydrogen) atoms. The fourth-order valence-corrected chi connectivity index (χ4v) is 1.09. The minimum Gasteiger partial charge on any atom is -0.360 e. The van der Waals surface area contributed by atoms with Gasteiger partial charge in [0.25, 0.3) is 0 Å². The van der Waals surface area contributed by atoms with Crippen LogP contribution in [0.25, 0.3) is 0 Å². The zero-order chi connectivity index (χ0) is 10.3. The molecule has 0 atom stereocenters. The van der Waals surface area contributed by atoms with Crippen LogP contribution in [0.3, 0.4) is 0 Å². The summed E-state index contributed by atoms with van der Waals surface area (Å²) in [5.74, 6) is 1.03. The van der Waals surface area contributed by atoms with E-state index in [9.17, 15) is 0 Å². The third kappa shape index (κ3) is 3.45. The van der Waals surface area contributed by atoms with E-state index in [0.29, 0.717) is 0 Å². The molecule has 0 aliphatic rings. The van der Waals surface area contributed by atoms with Crippen molar-refractivity contribution in [1.29, 1.82) is 0 Å². The largest absolute Gasteiger partial charge is 0.360 e. The summed E-state index contributed by atoms with van der Waals surface area (Å²) in [5, 5.41) is 0. The summed E-state index contributed by atoms with van der Waals surface area (Å²) in [5.41, 5.74) is 1.20. The molecule has 2 heteroatoms. The predicted octanol–water partition coefficient (Wildman–Crippen LogP) is 2.84. The summed E-state index contributed by atoms with van der Waals surface area (Å²) in [6.07, 6.45) is 4.68. The fraction of sp³-hybridized carbons (Fsp3) is 0.545. The molecule has 0 bridgehead atoms. The molecule has 0 N–H and O–H groups in total. The summed E-state index contributed by atoms with van der Waals surface area (Å²) in [7, 11) is 2.04. The van der Waals surface area contributed by atoms with Gasteiger partial charge in [-0.3, -0.25) is 0 Å². The van der Waals surface area contributed by atoms with E-state index in [1.807, 2.05) is 26.3 Å². The van der Waals surface area contributed by atoms with Gasteiger partial charge < -0.3 is 4.90 Å². The van der Waals surface area contributed by atoms with Gasteiger partial charge in [0, 0.05) is 19.8 Å². The number of hydrogen-bond acceptors (Lipinski definition) is 2. The molecule has 0 aromatic rings. The summed E-state index contributed by atoms with van der Waals surface area (Å²) >= 11 is 0. The highest BCUT2D eigenvalue weighted by atomic mass is 15.2. The van der Waals surface area contributed by atoms with E-state index in [1.165, 1.54) is 5.57 Å². The Morgan fingerprint density at radius 3 is 2.38 bits per heavy atom. The number of nitrogens with zero attached hydrogens (tertiary/aromatic N) is 2. The first-order valence-corrected chi connectivity index (χ1v) is 4.76. The Labute approximate surface area is 81.7 Å². The zero-order valence-corrected chi connectivity index (χ0v) is 9.17. The Balaban J connectivity index is 4.94. The molecular weight excluding hydrogens is 160 g/mol. The van der Waals surface area contributed by atoms with Crippen LogP contribution in [0.5, 0.6) is 0 Å². The van der Waals surface area contributed by atoms with Crippen LogP contribution in [0.15, 0.2) is 29.0 Å². The third-order valence-corrected chi connectivity index (χ3v) is 2.00. The Hall–Kier alpha value is -1.05. The van der Waals surface area contributed by atoms with Crippen molar-refractivity contribution < 1.29 is 0 Å². The van der Waals surface area contributed by atoms with Crippen LogP contribution >= 0.6 is 0 Å². The Morgan fingerprint density at radius 2 is 2.08 bits per heavy atom. The fourth-order valence-electron chi connectivity index (χ4n) is 1.09. The van der Waals surface area contributed by atoms with E-state index in [4.69, 9.17) is 0 Å². The van der Waals surface area contributed by atoms with Gasteiger partial charge in [-0.05, 0) is 25.8 Å². The monoisotopic (exact) mass is 180 g/mol. The van der Waals surface area contributed by atoms with Crippen LogP contribution in [-0.4, -0.2) is 24.7 Å². The molecule has 0 amide bonds. The maximum atomic E-state index is 4.35. The molecule has 0 aliphatic heterocycles. The molecule has 0 aromatic carbocycles. The molecule has 0 fully saturated rings. The van der Waals surface area contributed by atoms with Crippen molar-refractivity contribution in [3.63, 3.8) is 0 Å². The molecule has 0 saturated carbocycles. The van der Waals surface area contributed by atoms with Crippen molar-refractivity contribution >= 4 is 6.21 Å². The highest BCUT2D eigenvalue weighted by Crippen LogP contribution is 2.13. The van der Waals surface area contributed by atoms with Gasteiger partial charge in [-0.2, -0.15) is 0 Å². The van der Waals surface area contributed by atoms with Crippen molar-refractivity contribution in [3.8, 4) is 0 Å². The van der Waals surface area contributed by atoms with E-state index in [-0.39, 0.29) is 0 Å². The first kappa shape index (κ1) is 11.9. The van der Waals surface area contributed by atoms with Crippen molar-refractivity contribution in [1.82, 2.24) is 4.90 Å². The second-order valence-corrected chi connectivity index (χ2v) is 2.81. The molecule has 0 spiro atoms. The molecule has 0 unspecified atom stereocenters. The number of allylic oxidation sites excluding steroid dienone is 2. The minimum absolute atomic E-state index is 0.962. The van der Waals surface area contributed by atoms with E-state index in [1.54, 1.807) is 0 Å². The first-order chi connectivity index (χ1) is 6.21. The van der Waals surface area contributed by atoms with Gasteiger partial charge in [-0.1, -0.05) is 19.6 Å². The van der Waals surface area contributed by atoms with Crippen molar-refractivity contribution in [2.75, 3.05) is 13.6 Å². The topological polar surface area (TPSA) is 15.6 Å². The number of aliphatic imine (C=N–C) groups is 1. The average Bonchev–Trinajstić information content (AvgIpc) is 2.17. The highest BCUT2D eigenvalue weighted by molar-refractivity contribution is 5.55. The Bertz CT molecular complexity index is 214. The van der Waals surface area contributed by atoms with Gasteiger partial charge in [0.05, 0.1) is 0 Å². The van der Waals surface area contributed by atoms with Gasteiger partial charge in [-0.25, -0.2) is 4.99 Å². The summed E-state index contributed by atoms with van der Waals surface area (Å²) in [6.45, 7) is 10.9. The molecule has 0 heterocycles. The summed E-state index contributed by atoms with van der Waals surface area (Å²) < 4.78 is 0. The lowest BCUT2D eigenvalue weighted by Crippen LogP contribution is -2.17. The van der Waals surface area contributed by atoms with E-state index < -0.39 is 0 Å². The lowest BCUT2D eigenvalue weighted by atomic mass is 10.2. The molecule has 2 nitrogen and oxygen atoms in total. The van der Waals surface area contributed by atoms with Gasteiger partial charge >= 0.3 is 0 Å².